The van der Waals surface area contributed by atoms with Gasteiger partial charge in [-0.2, -0.15) is 0 Å². The first-order chi connectivity index (χ1) is 24.3. The summed E-state index contributed by atoms with van der Waals surface area (Å²) in [7, 11) is 0. The molecule has 1 aromatic heterocycles. The van der Waals surface area contributed by atoms with Gasteiger partial charge in [0.25, 0.3) is 0 Å². The molecule has 0 aliphatic heterocycles. The van der Waals surface area contributed by atoms with Gasteiger partial charge in [0.05, 0.1) is 11.0 Å². The van der Waals surface area contributed by atoms with Gasteiger partial charge in [0.1, 0.15) is 0 Å². The Balaban J connectivity index is 1.38. The van der Waals surface area contributed by atoms with Crippen LogP contribution in [-0.4, -0.2) is 4.57 Å². The summed E-state index contributed by atoms with van der Waals surface area (Å²) in [4.78, 5) is 2.34. The van der Waals surface area contributed by atoms with Gasteiger partial charge < -0.3 is 9.47 Å². The fourth-order valence-corrected chi connectivity index (χ4v) is 7.48. The Hall–Kier alpha value is -5.86. The van der Waals surface area contributed by atoms with E-state index in [1.807, 2.05) is 0 Å². The highest BCUT2D eigenvalue weighted by molar-refractivity contribution is 6.10. The summed E-state index contributed by atoms with van der Waals surface area (Å²) in [5, 5.41) is 2.47. The Labute approximate surface area is 295 Å². The van der Waals surface area contributed by atoms with E-state index in [4.69, 9.17) is 0 Å². The van der Waals surface area contributed by atoms with Gasteiger partial charge in [-0.3, -0.25) is 0 Å². The molecule has 0 aliphatic rings. The fourth-order valence-electron chi connectivity index (χ4n) is 7.48. The average molecular weight is 647 g/mol. The maximum atomic E-state index is 2.47. The molecule has 50 heavy (non-hydrogen) atoms. The lowest BCUT2D eigenvalue weighted by atomic mass is 9.73. The van der Waals surface area contributed by atoms with Crippen LogP contribution in [-0.2, 0) is 10.8 Å². The maximum absolute atomic E-state index is 2.47. The molecule has 0 fully saturated rings. The third-order valence-corrected chi connectivity index (χ3v) is 10.6. The molecule has 2 nitrogen and oxygen atoms in total. The third kappa shape index (κ3) is 5.47. The van der Waals surface area contributed by atoms with Gasteiger partial charge in [-0.15, -0.1) is 0 Å². The number of benzene rings is 7. The van der Waals surface area contributed by atoms with Gasteiger partial charge in [-0.1, -0.05) is 149 Å². The molecule has 0 N–H and O–H groups in total. The summed E-state index contributed by atoms with van der Waals surface area (Å²) in [6, 6.07) is 66.1. The second kappa shape index (κ2) is 12.5. The van der Waals surface area contributed by atoms with Gasteiger partial charge in [0.15, 0.2) is 0 Å². The quantitative estimate of drug-likeness (QED) is 0.159. The molecule has 0 amide bonds. The third-order valence-electron chi connectivity index (χ3n) is 10.6. The average Bonchev–Trinajstić information content (AvgIpc) is 3.50. The Morgan fingerprint density at radius 3 is 1.32 bits per heavy atom. The number of aromatic nitrogens is 1. The molecule has 8 aromatic rings. The number of para-hydroxylation sites is 3. The zero-order chi connectivity index (χ0) is 34.3. The number of anilines is 3. The van der Waals surface area contributed by atoms with Crippen LogP contribution < -0.4 is 4.90 Å². The largest absolute Gasteiger partial charge is 0.310 e. The first-order valence-corrected chi connectivity index (χ1v) is 17.5. The molecule has 0 saturated heterocycles. The van der Waals surface area contributed by atoms with Crippen LogP contribution in [0.5, 0.6) is 0 Å². The number of rotatable bonds is 8. The second-order valence-corrected chi connectivity index (χ2v) is 14.3. The van der Waals surface area contributed by atoms with Gasteiger partial charge in [0.2, 0.25) is 0 Å². The second-order valence-electron chi connectivity index (χ2n) is 14.3. The van der Waals surface area contributed by atoms with Gasteiger partial charge in [0, 0.05) is 44.4 Å². The lowest BCUT2D eigenvalue weighted by Gasteiger charge is -2.32. The minimum absolute atomic E-state index is 0.212. The molecule has 0 saturated carbocycles. The Kier molecular flexibility index (Phi) is 7.88. The van der Waals surface area contributed by atoms with E-state index < -0.39 is 0 Å². The zero-order valence-corrected chi connectivity index (χ0v) is 29.2. The molecular formula is C48H42N2. The van der Waals surface area contributed by atoms with E-state index in [0.717, 1.165) is 17.1 Å². The molecule has 0 unspecified atom stereocenters. The number of fused-ring (bicyclic) bond motifs is 3. The van der Waals surface area contributed by atoms with Crippen molar-refractivity contribution in [2.75, 3.05) is 4.90 Å². The van der Waals surface area contributed by atoms with Crippen LogP contribution in [0.25, 0.3) is 27.5 Å². The van der Waals surface area contributed by atoms with Crippen LogP contribution in [0.4, 0.5) is 17.1 Å². The predicted molar refractivity (Wildman–Crippen MR) is 213 cm³/mol. The fraction of sp³-hybridized carbons (Fsp3) is 0.125. The highest BCUT2D eigenvalue weighted by Gasteiger charge is 2.30. The van der Waals surface area contributed by atoms with Crippen molar-refractivity contribution in [2.24, 2.45) is 0 Å². The molecule has 0 aliphatic carbocycles. The normalized spacial score (nSPS) is 12.0. The first kappa shape index (κ1) is 31.4. The predicted octanol–water partition coefficient (Wildman–Crippen LogP) is 12.9. The molecule has 0 spiro atoms. The van der Waals surface area contributed by atoms with Crippen molar-refractivity contribution in [2.45, 2.75) is 38.5 Å². The Bertz CT molecular complexity index is 2300. The molecule has 8 rings (SSSR count). The summed E-state index contributed by atoms with van der Waals surface area (Å²) in [5.74, 6) is 0. The van der Waals surface area contributed by atoms with Crippen molar-refractivity contribution >= 4 is 38.9 Å². The highest BCUT2D eigenvalue weighted by atomic mass is 15.1. The van der Waals surface area contributed by atoms with Crippen LogP contribution in [0.3, 0.4) is 0 Å². The van der Waals surface area contributed by atoms with E-state index >= 15 is 0 Å². The monoisotopic (exact) mass is 646 g/mol. The van der Waals surface area contributed by atoms with Crippen LogP contribution >= 0.6 is 0 Å². The van der Waals surface area contributed by atoms with E-state index in [9.17, 15) is 0 Å². The minimum Gasteiger partial charge on any atom is -0.310 e. The molecular weight excluding hydrogens is 605 g/mol. The van der Waals surface area contributed by atoms with Crippen LogP contribution in [0.1, 0.15) is 49.9 Å². The smallest absolute Gasteiger partial charge is 0.0542 e. The summed E-state index contributed by atoms with van der Waals surface area (Å²) in [6.45, 7) is 9.39. The standard InChI is InChI=1S/C48H42N2/c1-47(2,35-19-9-5-10-20-35)37-31-38(48(3,4)36-21-11-6-12-22-36)33-42(32-37)50-45-28-18-17-27-43(45)44-34-41(29-30-46(44)50)49(39-23-13-7-14-24-39)40-25-15-8-16-26-40/h5-34H,1-4H3. The van der Waals surface area contributed by atoms with Gasteiger partial charge >= 0.3 is 0 Å². The maximum Gasteiger partial charge on any atom is 0.0542 e. The van der Waals surface area contributed by atoms with E-state index in [1.54, 1.807) is 0 Å². The van der Waals surface area contributed by atoms with Crippen LogP contribution in [0.2, 0.25) is 0 Å². The molecule has 244 valence electrons. The lowest BCUT2D eigenvalue weighted by molar-refractivity contribution is 0.616. The van der Waals surface area contributed by atoms with Crippen LogP contribution in [0.15, 0.2) is 182 Å². The molecule has 0 bridgehead atoms. The number of nitrogens with zero attached hydrogens (tertiary/aromatic N) is 2. The molecule has 0 atom stereocenters. The molecule has 2 heteroatoms. The minimum atomic E-state index is -0.212. The van der Waals surface area contributed by atoms with Crippen molar-refractivity contribution in [1.29, 1.82) is 0 Å². The van der Waals surface area contributed by atoms with Crippen LogP contribution in [0, 0.1) is 0 Å². The molecule has 0 radical (unpaired) electrons. The summed E-state index contributed by atoms with van der Waals surface area (Å²) in [6.07, 6.45) is 0. The van der Waals surface area contributed by atoms with E-state index in [1.165, 1.54) is 49.7 Å². The highest BCUT2D eigenvalue weighted by Crippen LogP contribution is 2.42. The van der Waals surface area contributed by atoms with E-state index in [0.29, 0.717) is 0 Å². The van der Waals surface area contributed by atoms with Gasteiger partial charge in [-0.05, 0) is 82.9 Å². The lowest BCUT2D eigenvalue weighted by Crippen LogP contribution is -2.23. The summed E-state index contributed by atoms with van der Waals surface area (Å²) < 4.78 is 2.47. The van der Waals surface area contributed by atoms with Crippen molar-refractivity contribution in [3.63, 3.8) is 0 Å². The van der Waals surface area contributed by atoms with Crippen molar-refractivity contribution in [3.8, 4) is 5.69 Å². The number of hydrogen-bond acceptors (Lipinski definition) is 1. The number of hydrogen-bond donors (Lipinski definition) is 0. The SMILES string of the molecule is CC(C)(c1ccccc1)c1cc(-n2c3ccccc3c3cc(N(c4ccccc4)c4ccccc4)ccc32)cc(C(C)(C)c2ccccc2)c1. The van der Waals surface area contributed by atoms with E-state index in [2.05, 4.69) is 219 Å². The van der Waals surface area contributed by atoms with Crippen molar-refractivity contribution in [1.82, 2.24) is 4.57 Å². The summed E-state index contributed by atoms with van der Waals surface area (Å²) >= 11 is 0. The summed E-state index contributed by atoms with van der Waals surface area (Å²) in [5.41, 5.74) is 11.7. The van der Waals surface area contributed by atoms with Crippen molar-refractivity contribution in [3.05, 3.63) is 204 Å². The molecule has 1 heterocycles. The zero-order valence-electron chi connectivity index (χ0n) is 29.2. The Morgan fingerprint density at radius 1 is 0.360 bits per heavy atom. The first-order valence-electron chi connectivity index (χ1n) is 17.5. The van der Waals surface area contributed by atoms with Gasteiger partial charge in [-0.25, -0.2) is 0 Å². The molecule has 7 aromatic carbocycles. The van der Waals surface area contributed by atoms with Crippen molar-refractivity contribution < 1.29 is 0 Å². The Morgan fingerprint density at radius 2 is 0.800 bits per heavy atom. The van der Waals surface area contributed by atoms with E-state index in [-0.39, 0.29) is 10.8 Å². The topological polar surface area (TPSA) is 8.17 Å².